The van der Waals surface area contributed by atoms with Gasteiger partial charge in [-0.15, -0.1) is 0 Å². The second-order valence-corrected chi connectivity index (χ2v) is 6.25. The Morgan fingerprint density at radius 1 is 0.962 bits per heavy atom. The summed E-state index contributed by atoms with van der Waals surface area (Å²) in [6.07, 6.45) is 2.91. The highest BCUT2D eigenvalue weighted by atomic mass is 16.1. The van der Waals surface area contributed by atoms with Crippen molar-refractivity contribution in [3.05, 3.63) is 89.6 Å². The Hall–Kier alpha value is -3.14. The Labute approximate surface area is 154 Å². The molecule has 0 spiro atoms. The molecule has 0 atom stereocenters. The molecule has 0 fully saturated rings. The summed E-state index contributed by atoms with van der Waals surface area (Å²) in [7, 11) is 0. The van der Waals surface area contributed by atoms with Crippen LogP contribution in [0.4, 0.5) is 11.5 Å². The monoisotopic (exact) mass is 345 g/mol. The van der Waals surface area contributed by atoms with E-state index in [0.717, 1.165) is 24.2 Å². The van der Waals surface area contributed by atoms with E-state index in [2.05, 4.69) is 34.7 Å². The molecule has 0 bridgehead atoms. The lowest BCUT2D eigenvalue weighted by Crippen LogP contribution is -2.13. The minimum absolute atomic E-state index is 0.0260. The highest BCUT2D eigenvalue weighted by Gasteiger charge is 2.04. The van der Waals surface area contributed by atoms with Crippen LogP contribution in [0.1, 0.15) is 23.1 Å². The molecule has 2 aromatic carbocycles. The maximum absolute atomic E-state index is 12.1. The lowest BCUT2D eigenvalue weighted by molar-refractivity contribution is -0.116. The molecule has 0 aliphatic rings. The zero-order valence-corrected chi connectivity index (χ0v) is 14.9. The summed E-state index contributed by atoms with van der Waals surface area (Å²) in [5.41, 5.74) is 4.60. The third-order valence-electron chi connectivity index (χ3n) is 4.26. The number of amides is 1. The summed E-state index contributed by atoms with van der Waals surface area (Å²) in [6.45, 7) is 2.85. The predicted molar refractivity (Wildman–Crippen MR) is 106 cm³/mol. The van der Waals surface area contributed by atoms with Gasteiger partial charge in [-0.25, -0.2) is 4.98 Å². The first-order valence-electron chi connectivity index (χ1n) is 8.79. The Morgan fingerprint density at radius 3 is 2.46 bits per heavy atom. The van der Waals surface area contributed by atoms with Crippen LogP contribution >= 0.6 is 0 Å². The van der Waals surface area contributed by atoms with Gasteiger partial charge in [0.2, 0.25) is 5.91 Å². The second-order valence-electron chi connectivity index (χ2n) is 6.25. The number of aromatic nitrogens is 1. The van der Waals surface area contributed by atoms with Crippen LogP contribution in [0.3, 0.4) is 0 Å². The molecule has 132 valence electrons. The highest BCUT2D eigenvalue weighted by molar-refractivity contribution is 5.89. The van der Waals surface area contributed by atoms with E-state index in [1.165, 1.54) is 11.1 Å². The number of hydrogen-bond acceptors (Lipinski definition) is 3. The molecule has 4 heteroatoms. The van der Waals surface area contributed by atoms with Crippen molar-refractivity contribution in [2.45, 2.75) is 26.3 Å². The van der Waals surface area contributed by atoms with Crippen LogP contribution in [0.25, 0.3) is 0 Å². The van der Waals surface area contributed by atoms with E-state index < -0.39 is 0 Å². The molecule has 1 amide bonds. The normalized spacial score (nSPS) is 10.3. The molecular weight excluding hydrogens is 322 g/mol. The van der Waals surface area contributed by atoms with E-state index >= 15 is 0 Å². The summed E-state index contributed by atoms with van der Waals surface area (Å²) in [6, 6.07) is 22.0. The molecular formula is C22H23N3O. The number of carbonyl (C=O) groups is 1. The van der Waals surface area contributed by atoms with Gasteiger partial charge in [-0.2, -0.15) is 0 Å². The third kappa shape index (κ3) is 5.18. The molecule has 0 unspecified atom stereocenters. The minimum Gasteiger partial charge on any atom is -0.380 e. The Balaban J connectivity index is 1.48. The summed E-state index contributed by atoms with van der Waals surface area (Å²) in [4.78, 5) is 16.4. The summed E-state index contributed by atoms with van der Waals surface area (Å²) >= 11 is 0. The second kappa shape index (κ2) is 8.81. The van der Waals surface area contributed by atoms with E-state index in [1.807, 2.05) is 54.6 Å². The Bertz CT molecular complexity index is 845. The fourth-order valence-corrected chi connectivity index (χ4v) is 2.69. The lowest BCUT2D eigenvalue weighted by atomic mass is 10.1. The quantitative estimate of drug-likeness (QED) is 0.659. The first-order chi connectivity index (χ1) is 12.7. The van der Waals surface area contributed by atoms with E-state index in [4.69, 9.17) is 0 Å². The number of benzene rings is 2. The van der Waals surface area contributed by atoms with Crippen molar-refractivity contribution in [3.8, 4) is 0 Å². The van der Waals surface area contributed by atoms with Crippen LogP contribution in [-0.4, -0.2) is 10.9 Å². The van der Waals surface area contributed by atoms with Crippen molar-refractivity contribution in [1.82, 2.24) is 4.98 Å². The highest BCUT2D eigenvalue weighted by Crippen LogP contribution is 2.14. The van der Waals surface area contributed by atoms with Crippen molar-refractivity contribution in [2.75, 3.05) is 10.6 Å². The molecule has 4 nitrogen and oxygen atoms in total. The van der Waals surface area contributed by atoms with Gasteiger partial charge in [0.25, 0.3) is 0 Å². The maximum Gasteiger partial charge on any atom is 0.225 e. The smallest absolute Gasteiger partial charge is 0.225 e. The molecule has 0 aliphatic carbocycles. The molecule has 1 aromatic heterocycles. The summed E-state index contributed by atoms with van der Waals surface area (Å²) in [5.74, 6) is 0.548. The van der Waals surface area contributed by atoms with E-state index in [9.17, 15) is 4.79 Å². The van der Waals surface area contributed by atoms with Gasteiger partial charge in [0, 0.05) is 13.0 Å². The van der Waals surface area contributed by atoms with Crippen LogP contribution in [0, 0.1) is 6.92 Å². The number of nitrogens with one attached hydrogen (secondary N) is 2. The first-order valence-corrected chi connectivity index (χ1v) is 8.79. The minimum atomic E-state index is -0.0260. The molecule has 0 radical (unpaired) electrons. The number of hydrogen-bond donors (Lipinski definition) is 2. The largest absolute Gasteiger partial charge is 0.380 e. The fraction of sp³-hybridized carbons (Fsp3) is 0.182. The molecule has 0 saturated heterocycles. The van der Waals surface area contributed by atoms with Crippen molar-refractivity contribution >= 4 is 17.4 Å². The number of rotatable bonds is 7. The van der Waals surface area contributed by atoms with Crippen molar-refractivity contribution < 1.29 is 4.79 Å². The van der Waals surface area contributed by atoms with E-state index in [-0.39, 0.29) is 5.91 Å². The van der Waals surface area contributed by atoms with Gasteiger partial charge in [-0.05, 0) is 42.2 Å². The summed E-state index contributed by atoms with van der Waals surface area (Å²) in [5, 5.41) is 6.20. The van der Waals surface area contributed by atoms with Crippen LogP contribution < -0.4 is 10.6 Å². The molecule has 1 heterocycles. The molecule has 2 N–H and O–H groups in total. The van der Waals surface area contributed by atoms with Gasteiger partial charge in [-0.1, -0.05) is 54.6 Å². The maximum atomic E-state index is 12.1. The number of nitrogens with zero attached hydrogens (tertiary/aromatic N) is 1. The van der Waals surface area contributed by atoms with Gasteiger partial charge >= 0.3 is 0 Å². The number of carbonyl (C=O) groups excluding carboxylic acids is 1. The van der Waals surface area contributed by atoms with Gasteiger partial charge in [0.15, 0.2) is 0 Å². The molecule has 3 aromatic rings. The fourth-order valence-electron chi connectivity index (χ4n) is 2.69. The van der Waals surface area contributed by atoms with Crippen molar-refractivity contribution in [2.24, 2.45) is 0 Å². The first kappa shape index (κ1) is 17.7. The SMILES string of the molecule is Cc1ccccc1CNc1ccc(NC(=O)CCc2ccccc2)nc1. The van der Waals surface area contributed by atoms with E-state index in [0.29, 0.717) is 12.2 Å². The van der Waals surface area contributed by atoms with Gasteiger partial charge in [0.1, 0.15) is 5.82 Å². The molecule has 26 heavy (non-hydrogen) atoms. The molecule has 0 aliphatic heterocycles. The van der Waals surface area contributed by atoms with Crippen LogP contribution in [0.2, 0.25) is 0 Å². The Kier molecular flexibility index (Phi) is 5.99. The average Bonchev–Trinajstić information content (AvgIpc) is 2.68. The Morgan fingerprint density at radius 2 is 1.73 bits per heavy atom. The molecule has 3 rings (SSSR count). The third-order valence-corrected chi connectivity index (χ3v) is 4.26. The predicted octanol–water partition coefficient (Wildman–Crippen LogP) is 4.57. The number of anilines is 2. The van der Waals surface area contributed by atoms with Crippen molar-refractivity contribution in [1.29, 1.82) is 0 Å². The topological polar surface area (TPSA) is 54.0 Å². The van der Waals surface area contributed by atoms with E-state index in [1.54, 1.807) is 6.20 Å². The average molecular weight is 345 g/mol. The van der Waals surface area contributed by atoms with Crippen LogP contribution in [-0.2, 0) is 17.8 Å². The van der Waals surface area contributed by atoms with Gasteiger partial charge in [-0.3, -0.25) is 4.79 Å². The lowest BCUT2D eigenvalue weighted by Gasteiger charge is -2.10. The van der Waals surface area contributed by atoms with Crippen LogP contribution in [0.5, 0.6) is 0 Å². The number of aryl methyl sites for hydroxylation is 2. The van der Waals surface area contributed by atoms with Gasteiger partial charge in [0.05, 0.1) is 11.9 Å². The number of pyridine rings is 1. The molecule has 0 saturated carbocycles. The zero-order chi connectivity index (χ0) is 18.2. The summed E-state index contributed by atoms with van der Waals surface area (Å²) < 4.78 is 0. The van der Waals surface area contributed by atoms with Gasteiger partial charge < -0.3 is 10.6 Å². The van der Waals surface area contributed by atoms with Crippen LogP contribution in [0.15, 0.2) is 72.9 Å². The zero-order valence-electron chi connectivity index (χ0n) is 14.9. The standard InChI is InChI=1S/C22H23N3O/c1-17-7-5-6-10-19(17)15-23-20-12-13-21(24-16-20)25-22(26)14-11-18-8-3-2-4-9-18/h2-10,12-13,16,23H,11,14-15H2,1H3,(H,24,25,26). The van der Waals surface area contributed by atoms with Crippen molar-refractivity contribution in [3.63, 3.8) is 0 Å².